The van der Waals surface area contributed by atoms with Crippen LogP contribution in [0.2, 0.25) is 0 Å². The number of carbonyl (C=O) groups is 2. The van der Waals surface area contributed by atoms with Crippen LogP contribution in [0.5, 0.6) is 0 Å². The van der Waals surface area contributed by atoms with Crippen LogP contribution in [0.1, 0.15) is 18.4 Å². The number of piperidine rings is 1. The highest BCUT2D eigenvalue weighted by atomic mass is 32.2. The van der Waals surface area contributed by atoms with Gasteiger partial charge in [-0.15, -0.1) is 11.8 Å². The first-order valence-electron chi connectivity index (χ1n) is 12.6. The average Bonchev–Trinajstić information content (AvgIpc) is 2.88. The molecule has 0 saturated carbocycles. The number of amides is 1. The van der Waals surface area contributed by atoms with Gasteiger partial charge in [0.15, 0.2) is 5.83 Å². The molecule has 14 heteroatoms. The number of hydrogen-bond donors (Lipinski definition) is 0. The smallest absolute Gasteiger partial charge is 0.352 e. The molecule has 1 aromatic heterocycles. The van der Waals surface area contributed by atoms with Crippen molar-refractivity contribution in [3.8, 4) is 11.1 Å². The molecule has 7 nitrogen and oxygen atoms in total. The summed E-state index contributed by atoms with van der Waals surface area (Å²) in [6.45, 7) is 3.00. The minimum Gasteiger partial charge on any atom is -0.352 e. The number of alkyl halides is 3. The standard InChI is InChI=1S/C27H20F6N4O3S/c1-12(28)25(39)37-14-7-16(38)8-15(37)11-35(10-14)24-18-9-19(27(31,32)33)21(17-3-2-13(29)6-20(17)30)23-22(18)36(4-5-41-23)26(40)34-24/h2-3,6,9,14-15H,1,4-5,7-8,10-11H2. The summed E-state index contributed by atoms with van der Waals surface area (Å²) in [4.78, 5) is 44.9. The first kappa shape index (κ1) is 27.4. The van der Waals surface area contributed by atoms with Gasteiger partial charge in [0.2, 0.25) is 0 Å². The van der Waals surface area contributed by atoms with E-state index in [0.717, 1.165) is 30.0 Å². The molecular weight excluding hydrogens is 574 g/mol. The monoisotopic (exact) mass is 594 g/mol. The molecule has 214 valence electrons. The Bertz CT molecular complexity index is 1700. The maximum Gasteiger partial charge on any atom is 0.417 e. The molecule has 0 N–H and O–H groups in total. The fourth-order valence-corrected chi connectivity index (χ4v) is 7.24. The van der Waals surface area contributed by atoms with Crippen LogP contribution in [0.25, 0.3) is 22.0 Å². The molecule has 0 radical (unpaired) electrons. The predicted molar refractivity (Wildman–Crippen MR) is 138 cm³/mol. The van der Waals surface area contributed by atoms with Gasteiger partial charge >= 0.3 is 11.9 Å². The highest BCUT2D eigenvalue weighted by Crippen LogP contribution is 2.49. The number of hydrogen-bond acceptors (Lipinski definition) is 6. The number of aryl methyl sites for hydroxylation is 1. The third-order valence-electron chi connectivity index (χ3n) is 7.61. The third-order valence-corrected chi connectivity index (χ3v) is 8.68. The van der Waals surface area contributed by atoms with E-state index in [2.05, 4.69) is 11.6 Å². The number of piperazine rings is 1. The molecule has 6 rings (SSSR count). The Morgan fingerprint density at radius 1 is 1.07 bits per heavy atom. The van der Waals surface area contributed by atoms with Crippen molar-refractivity contribution >= 4 is 40.2 Å². The Morgan fingerprint density at radius 3 is 2.37 bits per heavy atom. The quantitative estimate of drug-likeness (QED) is 0.324. The van der Waals surface area contributed by atoms with E-state index in [4.69, 9.17) is 0 Å². The lowest BCUT2D eigenvalue weighted by Crippen LogP contribution is -2.64. The van der Waals surface area contributed by atoms with Crippen molar-refractivity contribution in [3.63, 3.8) is 0 Å². The molecule has 3 aliphatic rings. The molecule has 4 heterocycles. The lowest BCUT2D eigenvalue weighted by molar-refractivity contribution is -0.141. The molecule has 2 fully saturated rings. The zero-order valence-corrected chi connectivity index (χ0v) is 21.9. The van der Waals surface area contributed by atoms with Crippen LogP contribution >= 0.6 is 11.8 Å². The number of aromatic nitrogens is 2. The number of benzene rings is 2. The molecule has 1 amide bonds. The first-order chi connectivity index (χ1) is 19.3. The minimum absolute atomic E-state index is 0.00486. The molecular formula is C27H20F6N4O3S. The minimum atomic E-state index is -4.97. The molecule has 2 bridgehead atoms. The van der Waals surface area contributed by atoms with E-state index in [-0.39, 0.29) is 65.6 Å². The van der Waals surface area contributed by atoms with Crippen molar-refractivity contribution in [3.05, 3.63) is 64.4 Å². The SMILES string of the molecule is C=C(F)C(=O)N1C2CC(=O)CC1CN(c1nc(=O)n3c4c(c(-c5ccc(F)cc5F)c(C(F)(F)F)cc14)SCC3)C2. The highest BCUT2D eigenvalue weighted by molar-refractivity contribution is 7.99. The summed E-state index contributed by atoms with van der Waals surface area (Å²) in [7, 11) is 0. The van der Waals surface area contributed by atoms with Gasteiger partial charge in [-0.05, 0) is 18.2 Å². The summed E-state index contributed by atoms with van der Waals surface area (Å²) in [5, 5.41) is -0.0236. The number of fused-ring (bicyclic) bond motifs is 2. The Labute approximate surface area is 232 Å². The Kier molecular flexibility index (Phi) is 6.43. The molecule has 0 aliphatic carbocycles. The summed E-state index contributed by atoms with van der Waals surface area (Å²) in [6, 6.07) is 1.48. The second-order valence-electron chi connectivity index (χ2n) is 10.1. The number of ketones is 1. The molecule has 2 aromatic carbocycles. The third kappa shape index (κ3) is 4.48. The number of Topliss-reactive ketones (excluding diaryl/α,β-unsaturated/α-hetero) is 1. The van der Waals surface area contributed by atoms with E-state index in [1.807, 2.05) is 0 Å². The fraction of sp³-hybridized carbons (Fsp3) is 0.333. The normalized spacial score (nSPS) is 20.5. The van der Waals surface area contributed by atoms with E-state index in [1.165, 1.54) is 14.4 Å². The van der Waals surface area contributed by atoms with E-state index < -0.39 is 64.0 Å². The molecule has 2 unspecified atom stereocenters. The second-order valence-corrected chi connectivity index (χ2v) is 11.2. The van der Waals surface area contributed by atoms with Crippen LogP contribution in [-0.4, -0.2) is 57.1 Å². The average molecular weight is 595 g/mol. The summed E-state index contributed by atoms with van der Waals surface area (Å²) in [5.74, 6) is -4.35. The maximum absolute atomic E-state index is 14.9. The van der Waals surface area contributed by atoms with Crippen molar-refractivity contribution in [2.45, 2.75) is 42.5 Å². The summed E-state index contributed by atoms with van der Waals surface area (Å²) in [5.41, 5.74) is -2.77. The Hall–Kier alpha value is -3.81. The van der Waals surface area contributed by atoms with Gasteiger partial charge in [-0.1, -0.05) is 6.58 Å². The van der Waals surface area contributed by atoms with E-state index >= 15 is 0 Å². The van der Waals surface area contributed by atoms with Crippen molar-refractivity contribution in [2.75, 3.05) is 23.7 Å². The van der Waals surface area contributed by atoms with Crippen LogP contribution in [0.3, 0.4) is 0 Å². The molecule has 41 heavy (non-hydrogen) atoms. The summed E-state index contributed by atoms with van der Waals surface area (Å²) >= 11 is 1.02. The van der Waals surface area contributed by atoms with Crippen molar-refractivity contribution in [2.24, 2.45) is 0 Å². The first-order valence-corrected chi connectivity index (χ1v) is 13.5. The van der Waals surface area contributed by atoms with Crippen LogP contribution in [0, 0.1) is 11.6 Å². The van der Waals surface area contributed by atoms with Gasteiger partial charge in [-0.3, -0.25) is 14.2 Å². The number of anilines is 1. The van der Waals surface area contributed by atoms with Crippen LogP contribution in [0.15, 0.2) is 46.4 Å². The molecule has 3 aliphatic heterocycles. The Morgan fingerprint density at radius 2 is 1.76 bits per heavy atom. The zero-order chi connectivity index (χ0) is 29.4. The zero-order valence-electron chi connectivity index (χ0n) is 21.1. The molecule has 3 aromatic rings. The predicted octanol–water partition coefficient (Wildman–Crippen LogP) is 4.70. The lowest BCUT2D eigenvalue weighted by Gasteiger charge is -2.49. The second kappa shape index (κ2) is 9.64. The van der Waals surface area contributed by atoms with Gasteiger partial charge in [0, 0.05) is 65.7 Å². The van der Waals surface area contributed by atoms with Gasteiger partial charge in [0.05, 0.1) is 23.2 Å². The number of thioether (sulfide) groups is 1. The highest BCUT2D eigenvalue weighted by Gasteiger charge is 2.45. The van der Waals surface area contributed by atoms with Crippen LogP contribution < -0.4 is 10.6 Å². The molecule has 0 spiro atoms. The maximum atomic E-state index is 14.9. The van der Waals surface area contributed by atoms with Gasteiger partial charge in [0.1, 0.15) is 23.2 Å². The number of rotatable bonds is 3. The van der Waals surface area contributed by atoms with E-state index in [1.54, 1.807) is 0 Å². The lowest BCUT2D eigenvalue weighted by atomic mass is 9.89. The molecule has 2 atom stereocenters. The number of nitrogens with zero attached hydrogens (tertiary/aromatic N) is 4. The summed E-state index contributed by atoms with van der Waals surface area (Å²) in [6.07, 6.45) is -5.18. The van der Waals surface area contributed by atoms with E-state index in [0.29, 0.717) is 6.07 Å². The number of halogens is 6. The largest absolute Gasteiger partial charge is 0.417 e. The topological polar surface area (TPSA) is 75.5 Å². The van der Waals surface area contributed by atoms with Crippen molar-refractivity contribution in [1.29, 1.82) is 0 Å². The van der Waals surface area contributed by atoms with Gasteiger partial charge in [-0.25, -0.2) is 18.0 Å². The fourth-order valence-electron chi connectivity index (χ4n) is 6.04. The Balaban J connectivity index is 1.59. The van der Waals surface area contributed by atoms with Crippen LogP contribution in [-0.2, 0) is 22.3 Å². The van der Waals surface area contributed by atoms with Gasteiger partial charge in [0.25, 0.3) is 5.91 Å². The van der Waals surface area contributed by atoms with Crippen LogP contribution in [0.4, 0.5) is 32.2 Å². The van der Waals surface area contributed by atoms with Crippen molar-refractivity contribution in [1.82, 2.24) is 14.5 Å². The number of carbonyl (C=O) groups excluding carboxylic acids is 2. The van der Waals surface area contributed by atoms with Crippen molar-refractivity contribution < 1.29 is 35.9 Å². The molecule has 2 saturated heterocycles. The van der Waals surface area contributed by atoms with Gasteiger partial charge in [-0.2, -0.15) is 18.2 Å². The summed E-state index contributed by atoms with van der Waals surface area (Å²) < 4.78 is 87.3. The van der Waals surface area contributed by atoms with E-state index in [9.17, 15) is 40.7 Å². The van der Waals surface area contributed by atoms with Gasteiger partial charge < -0.3 is 9.80 Å².